The molecule has 0 bridgehead atoms. The van der Waals surface area contributed by atoms with Crippen LogP contribution in [0.5, 0.6) is 0 Å². The Kier molecular flexibility index (Phi) is 19.1. The molecule has 135 valence electrons. The second kappa shape index (κ2) is 19.5. The zero-order valence-electron chi connectivity index (χ0n) is 16.0. The fraction of sp³-hybridized carbons (Fsp3) is 0.909. The maximum atomic E-state index is 8.66. The Morgan fingerprint density at radius 2 is 0.913 bits per heavy atom. The number of unbranched alkanes of at least 4 members (excludes halogenated alkanes) is 16. The second-order valence-electron chi connectivity index (χ2n) is 7.27. The van der Waals surface area contributed by atoms with E-state index in [9.17, 15) is 0 Å². The molecule has 1 atom stereocenters. The van der Waals surface area contributed by atoms with Crippen molar-refractivity contribution in [3.8, 4) is 6.07 Å². The lowest BCUT2D eigenvalue weighted by Gasteiger charge is -2.04. The third kappa shape index (κ3) is 19.4. The van der Waals surface area contributed by atoms with Gasteiger partial charge in [-0.1, -0.05) is 116 Å². The van der Waals surface area contributed by atoms with Crippen LogP contribution in [0.15, 0.2) is 0 Å². The van der Waals surface area contributed by atoms with E-state index in [1.165, 1.54) is 109 Å². The molecule has 0 N–H and O–H groups in total. The SMILES string of the molecule is [CH2]C(C#N)CCCCCCCCCCCCCCCCCCC. The van der Waals surface area contributed by atoms with Crippen molar-refractivity contribution in [3.63, 3.8) is 0 Å². The smallest absolute Gasteiger partial charge is 0.0655 e. The topological polar surface area (TPSA) is 23.8 Å². The van der Waals surface area contributed by atoms with Gasteiger partial charge in [-0.05, 0) is 13.3 Å². The van der Waals surface area contributed by atoms with Crippen LogP contribution in [-0.4, -0.2) is 0 Å². The molecule has 0 aliphatic rings. The third-order valence-corrected chi connectivity index (χ3v) is 4.84. The van der Waals surface area contributed by atoms with E-state index >= 15 is 0 Å². The van der Waals surface area contributed by atoms with Gasteiger partial charge in [0.05, 0.1) is 6.07 Å². The van der Waals surface area contributed by atoms with Crippen molar-refractivity contribution < 1.29 is 0 Å². The minimum atomic E-state index is 0.00587. The fourth-order valence-electron chi connectivity index (χ4n) is 3.18. The zero-order valence-corrected chi connectivity index (χ0v) is 16.0. The lowest BCUT2D eigenvalue weighted by atomic mass is 10.0. The molecular weight excluding hydrogens is 278 g/mol. The van der Waals surface area contributed by atoms with Crippen molar-refractivity contribution in [2.75, 3.05) is 0 Å². The van der Waals surface area contributed by atoms with Crippen LogP contribution in [0, 0.1) is 24.2 Å². The molecular formula is C22H42N. The summed E-state index contributed by atoms with van der Waals surface area (Å²) in [6.45, 7) is 6.09. The van der Waals surface area contributed by atoms with Gasteiger partial charge in [0.1, 0.15) is 0 Å². The first-order valence-electron chi connectivity index (χ1n) is 10.5. The molecule has 0 heterocycles. The first-order valence-corrected chi connectivity index (χ1v) is 10.5. The molecule has 0 rings (SSSR count). The molecule has 1 unspecified atom stereocenters. The van der Waals surface area contributed by atoms with E-state index in [1.807, 2.05) is 0 Å². The highest BCUT2D eigenvalue weighted by molar-refractivity contribution is 4.83. The summed E-state index contributed by atoms with van der Waals surface area (Å²) in [6.07, 6.45) is 24.9. The highest BCUT2D eigenvalue weighted by Crippen LogP contribution is 2.15. The molecule has 1 nitrogen and oxygen atoms in total. The highest BCUT2D eigenvalue weighted by atomic mass is 14.3. The predicted octanol–water partition coefficient (Wildman–Crippen LogP) is 8.00. The van der Waals surface area contributed by atoms with Gasteiger partial charge in [-0.15, -0.1) is 0 Å². The Morgan fingerprint density at radius 1 is 0.609 bits per heavy atom. The molecule has 0 saturated heterocycles. The van der Waals surface area contributed by atoms with Gasteiger partial charge in [0.25, 0.3) is 0 Å². The quantitative estimate of drug-likeness (QED) is 0.235. The highest BCUT2D eigenvalue weighted by Gasteiger charge is 1.99. The summed E-state index contributed by atoms with van der Waals surface area (Å²) in [7, 11) is 0. The molecule has 0 aliphatic carbocycles. The van der Waals surface area contributed by atoms with E-state index in [0.29, 0.717) is 0 Å². The molecule has 1 heteroatoms. The van der Waals surface area contributed by atoms with Gasteiger partial charge in [-0.3, -0.25) is 0 Å². The van der Waals surface area contributed by atoms with E-state index in [4.69, 9.17) is 5.26 Å². The van der Waals surface area contributed by atoms with E-state index in [1.54, 1.807) is 0 Å². The van der Waals surface area contributed by atoms with E-state index in [2.05, 4.69) is 19.9 Å². The predicted molar refractivity (Wildman–Crippen MR) is 103 cm³/mol. The number of hydrogen-bond donors (Lipinski definition) is 0. The van der Waals surface area contributed by atoms with Gasteiger partial charge < -0.3 is 0 Å². The number of nitriles is 1. The molecule has 1 radical (unpaired) electrons. The molecule has 0 aromatic carbocycles. The monoisotopic (exact) mass is 320 g/mol. The molecule has 0 spiro atoms. The molecule has 0 saturated carbocycles. The lowest BCUT2D eigenvalue weighted by Crippen LogP contribution is -1.90. The Morgan fingerprint density at radius 3 is 1.22 bits per heavy atom. The third-order valence-electron chi connectivity index (χ3n) is 4.84. The minimum Gasteiger partial charge on any atom is -0.198 e. The van der Waals surface area contributed by atoms with Crippen LogP contribution in [0.25, 0.3) is 0 Å². The lowest BCUT2D eigenvalue weighted by molar-refractivity contribution is 0.521. The summed E-state index contributed by atoms with van der Waals surface area (Å²) in [5.74, 6) is 0.00587. The van der Waals surface area contributed by atoms with Gasteiger partial charge in [-0.2, -0.15) is 5.26 Å². The standard InChI is InChI=1S/C22H42N/c1-3-4-5-6-7-8-9-10-11-12-13-14-15-16-17-18-19-20-22(2)21-23/h22H,2-20H2,1H3. The van der Waals surface area contributed by atoms with Crippen molar-refractivity contribution in [3.05, 3.63) is 6.92 Å². The Hall–Kier alpha value is -0.510. The largest absolute Gasteiger partial charge is 0.198 e. The summed E-state index contributed by atoms with van der Waals surface area (Å²) in [5, 5.41) is 8.66. The van der Waals surface area contributed by atoms with Crippen LogP contribution in [-0.2, 0) is 0 Å². The van der Waals surface area contributed by atoms with Crippen molar-refractivity contribution in [2.45, 2.75) is 122 Å². The zero-order chi connectivity index (χ0) is 17.0. The summed E-state index contributed by atoms with van der Waals surface area (Å²) >= 11 is 0. The van der Waals surface area contributed by atoms with Crippen LogP contribution >= 0.6 is 0 Å². The second-order valence-corrected chi connectivity index (χ2v) is 7.27. The van der Waals surface area contributed by atoms with Crippen molar-refractivity contribution in [1.29, 1.82) is 5.26 Å². The van der Waals surface area contributed by atoms with Crippen molar-refractivity contribution in [2.24, 2.45) is 5.92 Å². The number of hydrogen-bond acceptors (Lipinski definition) is 1. The molecule has 0 aliphatic heterocycles. The first kappa shape index (κ1) is 22.5. The fourth-order valence-corrected chi connectivity index (χ4v) is 3.18. The van der Waals surface area contributed by atoms with Gasteiger partial charge in [0.2, 0.25) is 0 Å². The molecule has 0 aromatic heterocycles. The van der Waals surface area contributed by atoms with Crippen molar-refractivity contribution >= 4 is 0 Å². The maximum absolute atomic E-state index is 8.66. The first-order chi connectivity index (χ1) is 11.3. The molecule has 0 aromatic rings. The summed E-state index contributed by atoms with van der Waals surface area (Å²) < 4.78 is 0. The van der Waals surface area contributed by atoms with Crippen LogP contribution in [0.4, 0.5) is 0 Å². The molecule has 0 fully saturated rings. The summed E-state index contributed by atoms with van der Waals surface area (Å²) in [5.41, 5.74) is 0. The van der Waals surface area contributed by atoms with E-state index in [0.717, 1.165) is 6.42 Å². The Bertz CT molecular complexity index is 253. The van der Waals surface area contributed by atoms with Crippen LogP contribution in [0.1, 0.15) is 122 Å². The van der Waals surface area contributed by atoms with E-state index < -0.39 is 0 Å². The van der Waals surface area contributed by atoms with Gasteiger partial charge in [0, 0.05) is 5.92 Å². The Balaban J connectivity index is 2.99. The van der Waals surface area contributed by atoms with Gasteiger partial charge >= 0.3 is 0 Å². The molecule has 0 amide bonds. The van der Waals surface area contributed by atoms with Crippen LogP contribution in [0.2, 0.25) is 0 Å². The Labute approximate surface area is 147 Å². The van der Waals surface area contributed by atoms with Gasteiger partial charge in [-0.25, -0.2) is 0 Å². The van der Waals surface area contributed by atoms with Crippen LogP contribution < -0.4 is 0 Å². The number of nitrogens with zero attached hydrogens (tertiary/aromatic N) is 1. The summed E-state index contributed by atoms with van der Waals surface area (Å²) in [6, 6.07) is 2.21. The normalized spacial score (nSPS) is 12.2. The van der Waals surface area contributed by atoms with Crippen LogP contribution in [0.3, 0.4) is 0 Å². The summed E-state index contributed by atoms with van der Waals surface area (Å²) in [4.78, 5) is 0. The van der Waals surface area contributed by atoms with Crippen molar-refractivity contribution in [1.82, 2.24) is 0 Å². The number of rotatable bonds is 18. The van der Waals surface area contributed by atoms with E-state index in [-0.39, 0.29) is 5.92 Å². The average Bonchev–Trinajstić information content (AvgIpc) is 2.57. The minimum absolute atomic E-state index is 0.00587. The maximum Gasteiger partial charge on any atom is 0.0655 e. The molecule has 23 heavy (non-hydrogen) atoms. The van der Waals surface area contributed by atoms with Gasteiger partial charge in [0.15, 0.2) is 0 Å². The average molecular weight is 321 g/mol.